The summed E-state index contributed by atoms with van der Waals surface area (Å²) in [4.78, 5) is 27.5. The zero-order valence-corrected chi connectivity index (χ0v) is 29.9. The molecule has 0 spiro atoms. The van der Waals surface area contributed by atoms with Crippen molar-refractivity contribution in [3.63, 3.8) is 0 Å². The second-order valence-corrected chi connectivity index (χ2v) is 12.4. The van der Waals surface area contributed by atoms with E-state index in [0.29, 0.717) is 66.1 Å². The summed E-state index contributed by atoms with van der Waals surface area (Å²) in [6.45, 7) is 3.39. The first-order valence-electron chi connectivity index (χ1n) is 16.6. The van der Waals surface area contributed by atoms with Gasteiger partial charge in [-0.15, -0.1) is 12.4 Å². The number of hydrogen-bond donors (Lipinski definition) is 1. The summed E-state index contributed by atoms with van der Waals surface area (Å²) in [5.41, 5.74) is 14.0. The highest BCUT2D eigenvalue weighted by atomic mass is 35.5. The van der Waals surface area contributed by atoms with Crippen molar-refractivity contribution >= 4 is 46.6 Å². The van der Waals surface area contributed by atoms with Gasteiger partial charge >= 0.3 is 0 Å². The molecular weight excluding hydrogens is 652 g/mol. The van der Waals surface area contributed by atoms with Gasteiger partial charge < -0.3 is 34.3 Å². The fourth-order valence-corrected chi connectivity index (χ4v) is 6.38. The number of carbonyl (C=O) groups is 1. The fourth-order valence-electron chi connectivity index (χ4n) is 6.38. The molecule has 7 rings (SSSR count). The Balaban J connectivity index is 0.000000198. The topological polar surface area (TPSA) is 110 Å². The van der Waals surface area contributed by atoms with Crippen molar-refractivity contribution in [2.75, 3.05) is 71.7 Å². The van der Waals surface area contributed by atoms with Crippen LogP contribution >= 0.6 is 12.4 Å². The second-order valence-electron chi connectivity index (χ2n) is 12.4. The summed E-state index contributed by atoms with van der Waals surface area (Å²) < 4.78 is 15.9. The molecule has 50 heavy (non-hydrogen) atoms. The Labute approximate surface area is 299 Å². The van der Waals surface area contributed by atoms with Crippen molar-refractivity contribution in [3.8, 4) is 11.5 Å². The van der Waals surface area contributed by atoms with Gasteiger partial charge in [-0.25, -0.2) is 4.98 Å². The number of nitrogens with zero attached hydrogens (tertiary/aromatic N) is 5. The number of amides is 1. The molecule has 0 saturated carbocycles. The van der Waals surface area contributed by atoms with Crippen LogP contribution in [0.5, 0.6) is 11.5 Å². The third-order valence-electron chi connectivity index (χ3n) is 9.00. The van der Waals surface area contributed by atoms with Crippen LogP contribution in [0, 0.1) is 0 Å². The Morgan fingerprint density at radius 2 is 1.50 bits per heavy atom. The number of halogens is 1. The number of aryl methyl sites for hydroxylation is 2. The third-order valence-corrected chi connectivity index (χ3v) is 9.00. The number of ether oxygens (including phenoxy) is 2. The first-order valence-corrected chi connectivity index (χ1v) is 16.6. The molecule has 0 unspecified atom stereocenters. The van der Waals surface area contributed by atoms with E-state index in [1.54, 1.807) is 43.4 Å². The van der Waals surface area contributed by atoms with Gasteiger partial charge in [-0.05, 0) is 79.4 Å². The largest absolute Gasteiger partial charge is 0.493 e. The number of rotatable bonds is 7. The lowest BCUT2D eigenvalue weighted by Gasteiger charge is -2.34. The van der Waals surface area contributed by atoms with Gasteiger partial charge in [0.05, 0.1) is 26.0 Å². The van der Waals surface area contributed by atoms with Crippen LogP contribution in [0.15, 0.2) is 89.6 Å². The number of aromatic nitrogens is 2. The zero-order chi connectivity index (χ0) is 34.3. The molecule has 11 heteroatoms. The number of carbonyl (C=O) groups excluding carboxylic acids is 1. The van der Waals surface area contributed by atoms with Crippen LogP contribution in [-0.2, 0) is 12.8 Å². The summed E-state index contributed by atoms with van der Waals surface area (Å²) in [5.74, 6) is 2.29. The molecule has 5 aromatic rings. The molecule has 1 fully saturated rings. The average molecular weight is 697 g/mol. The van der Waals surface area contributed by atoms with E-state index >= 15 is 0 Å². The van der Waals surface area contributed by atoms with E-state index in [1.807, 2.05) is 4.90 Å². The number of benzene rings is 3. The summed E-state index contributed by atoms with van der Waals surface area (Å²) in [5, 5.41) is 0.702. The van der Waals surface area contributed by atoms with Crippen molar-refractivity contribution in [2.24, 2.45) is 0 Å². The molecule has 1 aliphatic carbocycles. The van der Waals surface area contributed by atoms with Crippen LogP contribution in [0.25, 0.3) is 16.5 Å². The van der Waals surface area contributed by atoms with E-state index in [-0.39, 0.29) is 18.3 Å². The van der Waals surface area contributed by atoms with Crippen molar-refractivity contribution in [2.45, 2.75) is 19.3 Å². The van der Waals surface area contributed by atoms with E-state index in [1.165, 1.54) is 34.1 Å². The van der Waals surface area contributed by atoms with E-state index in [2.05, 4.69) is 83.6 Å². The first-order chi connectivity index (χ1) is 23.9. The maximum absolute atomic E-state index is 12.4. The van der Waals surface area contributed by atoms with Crippen LogP contribution in [-0.4, -0.2) is 86.7 Å². The highest BCUT2D eigenvalue weighted by Crippen LogP contribution is 2.35. The van der Waals surface area contributed by atoms with Crippen molar-refractivity contribution in [1.29, 1.82) is 0 Å². The molecule has 2 aromatic heterocycles. The fraction of sp³-hybridized carbons (Fsp3) is 0.308. The minimum atomic E-state index is -0.111. The number of piperazine rings is 1. The van der Waals surface area contributed by atoms with Crippen molar-refractivity contribution < 1.29 is 18.7 Å². The van der Waals surface area contributed by atoms with E-state index in [9.17, 15) is 4.79 Å². The van der Waals surface area contributed by atoms with Gasteiger partial charge in [-0.3, -0.25) is 4.79 Å². The molecule has 3 heterocycles. The Kier molecular flexibility index (Phi) is 12.0. The summed E-state index contributed by atoms with van der Waals surface area (Å²) in [6.07, 6.45) is 7.28. The minimum Gasteiger partial charge on any atom is -0.493 e. The maximum Gasteiger partial charge on any atom is 0.289 e. The molecule has 0 bridgehead atoms. The van der Waals surface area contributed by atoms with Crippen LogP contribution in [0.2, 0.25) is 0 Å². The lowest BCUT2D eigenvalue weighted by Crippen LogP contribution is -2.49. The lowest BCUT2D eigenvalue weighted by molar-refractivity contribution is 0.0714. The van der Waals surface area contributed by atoms with E-state index < -0.39 is 0 Å². The Bertz CT molecular complexity index is 1890. The van der Waals surface area contributed by atoms with Gasteiger partial charge in [0.2, 0.25) is 5.95 Å². The highest BCUT2D eigenvalue weighted by molar-refractivity contribution is 5.92. The van der Waals surface area contributed by atoms with Gasteiger partial charge in [0, 0.05) is 44.2 Å². The molecule has 2 aliphatic rings. The van der Waals surface area contributed by atoms with Crippen LogP contribution in [0.1, 0.15) is 39.2 Å². The molecule has 3 aromatic carbocycles. The first kappa shape index (κ1) is 36.2. The predicted molar refractivity (Wildman–Crippen MR) is 202 cm³/mol. The minimum absolute atomic E-state index is 0. The van der Waals surface area contributed by atoms with Gasteiger partial charge in [0.15, 0.2) is 17.3 Å². The Morgan fingerprint density at radius 3 is 2.08 bits per heavy atom. The Morgan fingerprint density at radius 1 is 0.880 bits per heavy atom. The smallest absolute Gasteiger partial charge is 0.289 e. The molecule has 0 atom stereocenters. The second kappa shape index (κ2) is 16.6. The highest BCUT2D eigenvalue weighted by Gasteiger charge is 2.26. The number of fused-ring (bicyclic) bond motifs is 3. The summed E-state index contributed by atoms with van der Waals surface area (Å²) in [7, 11) is 7.41. The van der Waals surface area contributed by atoms with Crippen LogP contribution in [0.4, 0.5) is 11.8 Å². The molecule has 1 saturated heterocycles. The molecule has 1 amide bonds. The lowest BCUT2D eigenvalue weighted by atomic mass is 9.93. The summed E-state index contributed by atoms with van der Waals surface area (Å²) >= 11 is 0. The standard InChI is InChI=1S/C20H23N.C19H21N5O4.ClH/c1-21(2)15-7-12-20-18-10-5-3-8-16(18)13-14-17-9-4-6-11-19(17)20;1-26-15-10-12-13(11-16(15)27-2)21-19(22-17(12)20)24-7-5-23(6-8-24)18(25)14-4-3-9-28-14;/h3-6,8-12H,7,13-15H2,1-2H3;3-4,9-11H,5-8H2,1-2H3,(H2,20,21,22);1H. The van der Waals surface area contributed by atoms with E-state index in [4.69, 9.17) is 19.6 Å². The van der Waals surface area contributed by atoms with Gasteiger partial charge in [-0.1, -0.05) is 54.6 Å². The molecule has 1 aliphatic heterocycles. The van der Waals surface area contributed by atoms with Crippen molar-refractivity contribution in [1.82, 2.24) is 19.8 Å². The van der Waals surface area contributed by atoms with Gasteiger partial charge in [-0.2, -0.15) is 4.98 Å². The van der Waals surface area contributed by atoms with E-state index in [0.717, 1.165) is 25.8 Å². The van der Waals surface area contributed by atoms with Gasteiger partial charge in [0.1, 0.15) is 5.82 Å². The molecule has 10 nitrogen and oxygen atoms in total. The number of hydrogen-bond acceptors (Lipinski definition) is 9. The number of methoxy groups -OCH3 is 2. The monoisotopic (exact) mass is 696 g/mol. The predicted octanol–water partition coefficient (Wildman–Crippen LogP) is 6.38. The molecule has 262 valence electrons. The molecule has 0 radical (unpaired) electrons. The average Bonchev–Trinajstić information content (AvgIpc) is 3.62. The van der Waals surface area contributed by atoms with Crippen molar-refractivity contribution in [3.05, 3.63) is 113 Å². The quantitative estimate of drug-likeness (QED) is 0.207. The number of anilines is 2. The summed E-state index contributed by atoms with van der Waals surface area (Å²) in [6, 6.07) is 24.7. The molecular formula is C39H45ClN6O4. The normalized spacial score (nSPS) is 13.7. The molecule has 2 N–H and O–H groups in total. The zero-order valence-electron chi connectivity index (χ0n) is 29.1. The van der Waals surface area contributed by atoms with Gasteiger partial charge in [0.25, 0.3) is 5.91 Å². The number of nitrogen functional groups attached to an aromatic ring is 1. The van der Waals surface area contributed by atoms with Crippen LogP contribution < -0.4 is 20.1 Å². The maximum atomic E-state index is 12.4. The number of furan rings is 1. The number of nitrogens with two attached hydrogens (primary N) is 1. The van der Waals surface area contributed by atoms with Crippen LogP contribution in [0.3, 0.4) is 0 Å². The SMILES string of the molecule is CN(C)CCC=C1c2ccccc2CCc2ccccc21.COc1cc2nc(N3CCN(C(=O)c4ccco4)CC3)nc(N)c2cc1OC.Cl. The third kappa shape index (κ3) is 8.04. The Hall–Kier alpha value is -5.06.